The van der Waals surface area contributed by atoms with Crippen molar-refractivity contribution in [2.45, 2.75) is 12.8 Å². The SMILES string of the molecule is COCCCc1cccc(-c2nc(C(=O)Cl)cs2)c1. The van der Waals surface area contributed by atoms with Gasteiger partial charge in [-0.2, -0.15) is 0 Å². The molecule has 0 amide bonds. The number of nitrogens with zero attached hydrogens (tertiary/aromatic N) is 1. The Labute approximate surface area is 121 Å². The molecule has 0 aliphatic carbocycles. The molecule has 0 fully saturated rings. The topological polar surface area (TPSA) is 39.2 Å². The maximum absolute atomic E-state index is 11.0. The highest BCUT2D eigenvalue weighted by molar-refractivity contribution is 7.13. The van der Waals surface area contributed by atoms with Crippen LogP contribution < -0.4 is 0 Å². The zero-order valence-corrected chi connectivity index (χ0v) is 12.1. The van der Waals surface area contributed by atoms with Crippen LogP contribution in [-0.4, -0.2) is 23.9 Å². The van der Waals surface area contributed by atoms with Crippen LogP contribution in [0.2, 0.25) is 0 Å². The minimum atomic E-state index is -0.515. The first-order valence-corrected chi connectivity index (χ1v) is 7.20. The third kappa shape index (κ3) is 3.86. The minimum Gasteiger partial charge on any atom is -0.385 e. The highest BCUT2D eigenvalue weighted by Gasteiger charge is 2.09. The van der Waals surface area contributed by atoms with Crippen molar-refractivity contribution in [2.75, 3.05) is 13.7 Å². The van der Waals surface area contributed by atoms with Crippen molar-refractivity contribution in [2.24, 2.45) is 0 Å². The van der Waals surface area contributed by atoms with Crippen molar-refractivity contribution in [1.29, 1.82) is 0 Å². The molecular weight excluding hydrogens is 282 g/mol. The predicted octanol–water partition coefficient (Wildman–Crippen LogP) is 3.77. The first-order valence-electron chi connectivity index (χ1n) is 5.94. The van der Waals surface area contributed by atoms with E-state index in [1.54, 1.807) is 12.5 Å². The van der Waals surface area contributed by atoms with Crippen LogP contribution in [-0.2, 0) is 11.2 Å². The van der Waals surface area contributed by atoms with E-state index in [1.807, 2.05) is 12.1 Å². The van der Waals surface area contributed by atoms with Gasteiger partial charge < -0.3 is 4.74 Å². The van der Waals surface area contributed by atoms with Gasteiger partial charge in [0.15, 0.2) is 0 Å². The summed E-state index contributed by atoms with van der Waals surface area (Å²) >= 11 is 6.84. The molecule has 19 heavy (non-hydrogen) atoms. The van der Waals surface area contributed by atoms with Crippen LogP contribution in [0.3, 0.4) is 0 Å². The number of aromatic nitrogens is 1. The van der Waals surface area contributed by atoms with Crippen LogP contribution in [0.25, 0.3) is 10.6 Å². The van der Waals surface area contributed by atoms with E-state index in [9.17, 15) is 4.79 Å². The summed E-state index contributed by atoms with van der Waals surface area (Å²) in [5.41, 5.74) is 2.57. The Morgan fingerprint density at radius 3 is 3.00 bits per heavy atom. The third-order valence-corrected chi connectivity index (χ3v) is 3.78. The number of carbonyl (C=O) groups is 1. The summed E-state index contributed by atoms with van der Waals surface area (Å²) in [7, 11) is 1.71. The zero-order chi connectivity index (χ0) is 13.7. The van der Waals surface area contributed by atoms with E-state index in [1.165, 1.54) is 16.9 Å². The summed E-state index contributed by atoms with van der Waals surface area (Å²) in [6, 6.07) is 8.17. The lowest BCUT2D eigenvalue weighted by Crippen LogP contribution is -1.93. The number of ether oxygens (including phenoxy) is 1. The van der Waals surface area contributed by atoms with Crippen molar-refractivity contribution >= 4 is 28.2 Å². The molecule has 0 radical (unpaired) electrons. The first-order chi connectivity index (χ1) is 9.20. The van der Waals surface area contributed by atoms with Gasteiger partial charge >= 0.3 is 0 Å². The van der Waals surface area contributed by atoms with Crippen molar-refractivity contribution < 1.29 is 9.53 Å². The molecule has 0 saturated carbocycles. The normalized spacial score (nSPS) is 10.6. The Balaban J connectivity index is 2.15. The fourth-order valence-corrected chi connectivity index (χ4v) is 2.74. The van der Waals surface area contributed by atoms with Crippen LogP contribution in [0.5, 0.6) is 0 Å². The average molecular weight is 296 g/mol. The van der Waals surface area contributed by atoms with Gasteiger partial charge in [0.1, 0.15) is 10.7 Å². The van der Waals surface area contributed by atoms with E-state index >= 15 is 0 Å². The molecule has 0 N–H and O–H groups in total. The van der Waals surface area contributed by atoms with Gasteiger partial charge in [-0.1, -0.05) is 18.2 Å². The summed E-state index contributed by atoms with van der Waals surface area (Å²) in [4.78, 5) is 15.3. The number of halogens is 1. The number of benzene rings is 1. The van der Waals surface area contributed by atoms with Crippen LogP contribution in [0.15, 0.2) is 29.6 Å². The van der Waals surface area contributed by atoms with Crippen LogP contribution in [0, 0.1) is 0 Å². The molecule has 0 aliphatic heterocycles. The fraction of sp³-hybridized carbons (Fsp3) is 0.286. The second-order valence-corrected chi connectivity index (χ2v) is 5.31. The standard InChI is InChI=1S/C14H14ClNO2S/c1-18-7-3-5-10-4-2-6-11(8-10)14-16-12(9-19-14)13(15)17/h2,4,6,8-9H,3,5,7H2,1H3. The quantitative estimate of drug-likeness (QED) is 0.601. The summed E-state index contributed by atoms with van der Waals surface area (Å²) in [6.45, 7) is 0.756. The molecule has 0 saturated heterocycles. The van der Waals surface area contributed by atoms with E-state index in [-0.39, 0.29) is 0 Å². The molecule has 0 bridgehead atoms. The van der Waals surface area contributed by atoms with Gasteiger partial charge in [-0.05, 0) is 36.1 Å². The van der Waals surface area contributed by atoms with Gasteiger partial charge in [0, 0.05) is 24.7 Å². The number of aryl methyl sites for hydroxylation is 1. The van der Waals surface area contributed by atoms with E-state index in [2.05, 4.69) is 17.1 Å². The number of thiazole rings is 1. The average Bonchev–Trinajstić information content (AvgIpc) is 2.89. The second kappa shape index (κ2) is 6.80. The van der Waals surface area contributed by atoms with Gasteiger partial charge in [0.2, 0.25) is 0 Å². The lowest BCUT2D eigenvalue weighted by molar-refractivity contribution is 0.107. The molecule has 2 rings (SSSR count). The van der Waals surface area contributed by atoms with Gasteiger partial charge in [-0.25, -0.2) is 4.98 Å². The van der Waals surface area contributed by atoms with E-state index in [0.29, 0.717) is 5.69 Å². The molecule has 1 aromatic carbocycles. The maximum Gasteiger partial charge on any atom is 0.271 e. The molecule has 1 heterocycles. The number of carbonyl (C=O) groups excluding carboxylic acids is 1. The highest BCUT2D eigenvalue weighted by Crippen LogP contribution is 2.25. The van der Waals surface area contributed by atoms with E-state index < -0.39 is 5.24 Å². The maximum atomic E-state index is 11.0. The number of rotatable bonds is 6. The van der Waals surface area contributed by atoms with Crippen LogP contribution >= 0.6 is 22.9 Å². The van der Waals surface area contributed by atoms with Crippen molar-refractivity contribution in [3.63, 3.8) is 0 Å². The van der Waals surface area contributed by atoms with Gasteiger partial charge in [-0.15, -0.1) is 11.3 Å². The lowest BCUT2D eigenvalue weighted by Gasteiger charge is -2.03. The Kier molecular flexibility index (Phi) is 5.07. The van der Waals surface area contributed by atoms with E-state index in [4.69, 9.17) is 16.3 Å². The molecule has 100 valence electrons. The van der Waals surface area contributed by atoms with Crippen molar-refractivity contribution in [3.05, 3.63) is 40.9 Å². The zero-order valence-electron chi connectivity index (χ0n) is 10.6. The van der Waals surface area contributed by atoms with Gasteiger partial charge in [0.05, 0.1) is 0 Å². The van der Waals surface area contributed by atoms with Crippen LogP contribution in [0.4, 0.5) is 0 Å². The molecule has 0 unspecified atom stereocenters. The summed E-state index contributed by atoms with van der Waals surface area (Å²) in [5.74, 6) is 0. The first kappa shape index (κ1) is 14.2. The molecule has 0 atom stereocenters. The summed E-state index contributed by atoms with van der Waals surface area (Å²) in [5, 5.41) is 1.98. The minimum absolute atomic E-state index is 0.312. The van der Waals surface area contributed by atoms with Gasteiger partial charge in [-0.3, -0.25) is 4.79 Å². The molecule has 2 aromatic rings. The van der Waals surface area contributed by atoms with Crippen molar-refractivity contribution in [1.82, 2.24) is 4.98 Å². The summed E-state index contributed by atoms with van der Waals surface area (Å²) < 4.78 is 5.05. The Bertz CT molecular complexity index is 568. The highest BCUT2D eigenvalue weighted by atomic mass is 35.5. The molecule has 0 spiro atoms. The molecule has 1 aromatic heterocycles. The monoisotopic (exact) mass is 295 g/mol. The third-order valence-electron chi connectivity index (χ3n) is 2.69. The largest absolute Gasteiger partial charge is 0.385 e. The Morgan fingerprint density at radius 2 is 2.32 bits per heavy atom. The Morgan fingerprint density at radius 1 is 1.47 bits per heavy atom. The smallest absolute Gasteiger partial charge is 0.271 e. The number of hydrogen-bond acceptors (Lipinski definition) is 4. The predicted molar refractivity (Wildman–Crippen MR) is 77.9 cm³/mol. The number of methoxy groups -OCH3 is 1. The Hall–Kier alpha value is -1.23. The molecule has 3 nitrogen and oxygen atoms in total. The van der Waals surface area contributed by atoms with Gasteiger partial charge in [0.25, 0.3) is 5.24 Å². The lowest BCUT2D eigenvalue weighted by atomic mass is 10.1. The molecule has 0 aliphatic rings. The second-order valence-electron chi connectivity index (χ2n) is 4.11. The molecular formula is C14H14ClNO2S. The summed E-state index contributed by atoms with van der Waals surface area (Å²) in [6.07, 6.45) is 1.96. The number of hydrogen-bond donors (Lipinski definition) is 0. The van der Waals surface area contributed by atoms with Crippen molar-refractivity contribution in [3.8, 4) is 10.6 Å². The molecule has 5 heteroatoms. The van der Waals surface area contributed by atoms with E-state index in [0.717, 1.165) is 30.0 Å². The fourth-order valence-electron chi connectivity index (χ4n) is 1.78. The van der Waals surface area contributed by atoms with Crippen LogP contribution in [0.1, 0.15) is 22.5 Å².